The van der Waals surface area contributed by atoms with Crippen molar-refractivity contribution in [2.24, 2.45) is 0 Å². The SMILES string of the molecule is COc1cccc(CO)c1OCCCN1CCCC1. The average Bonchev–Trinajstić information content (AvgIpc) is 2.96. The van der Waals surface area contributed by atoms with Crippen LogP contribution in [0.5, 0.6) is 11.5 Å². The molecule has 0 spiro atoms. The van der Waals surface area contributed by atoms with Crippen molar-refractivity contribution in [3.8, 4) is 11.5 Å². The van der Waals surface area contributed by atoms with E-state index in [1.807, 2.05) is 18.2 Å². The molecule has 0 unspecified atom stereocenters. The zero-order chi connectivity index (χ0) is 13.5. The number of rotatable bonds is 7. The molecule has 1 aliphatic rings. The Kier molecular flexibility index (Phi) is 5.48. The fourth-order valence-corrected chi connectivity index (χ4v) is 2.48. The highest BCUT2D eigenvalue weighted by Gasteiger charge is 2.12. The molecule has 0 atom stereocenters. The third kappa shape index (κ3) is 3.85. The highest BCUT2D eigenvalue weighted by molar-refractivity contribution is 5.46. The van der Waals surface area contributed by atoms with Gasteiger partial charge in [-0.25, -0.2) is 0 Å². The lowest BCUT2D eigenvalue weighted by Crippen LogP contribution is -2.22. The van der Waals surface area contributed by atoms with Gasteiger partial charge in [0.1, 0.15) is 0 Å². The van der Waals surface area contributed by atoms with Crippen molar-refractivity contribution in [2.45, 2.75) is 25.9 Å². The number of likely N-dealkylation sites (tertiary alicyclic amines) is 1. The largest absolute Gasteiger partial charge is 0.493 e. The van der Waals surface area contributed by atoms with E-state index < -0.39 is 0 Å². The van der Waals surface area contributed by atoms with E-state index in [1.165, 1.54) is 25.9 Å². The number of aliphatic hydroxyl groups excluding tert-OH is 1. The number of ether oxygens (including phenoxy) is 2. The van der Waals surface area contributed by atoms with E-state index in [0.717, 1.165) is 18.5 Å². The zero-order valence-corrected chi connectivity index (χ0v) is 11.6. The summed E-state index contributed by atoms with van der Waals surface area (Å²) in [5.74, 6) is 1.36. The molecule has 1 aromatic rings. The molecule has 1 N–H and O–H groups in total. The monoisotopic (exact) mass is 265 g/mol. The van der Waals surface area contributed by atoms with Crippen LogP contribution >= 0.6 is 0 Å². The summed E-state index contributed by atoms with van der Waals surface area (Å²) in [6.07, 6.45) is 3.65. The van der Waals surface area contributed by atoms with Gasteiger partial charge < -0.3 is 19.5 Å². The molecule has 0 aliphatic carbocycles. The molecule has 1 aliphatic heterocycles. The van der Waals surface area contributed by atoms with Gasteiger partial charge >= 0.3 is 0 Å². The van der Waals surface area contributed by atoms with Gasteiger partial charge in [-0.15, -0.1) is 0 Å². The number of aliphatic hydroxyl groups is 1. The van der Waals surface area contributed by atoms with Crippen LogP contribution in [0.4, 0.5) is 0 Å². The maximum Gasteiger partial charge on any atom is 0.166 e. The zero-order valence-electron chi connectivity index (χ0n) is 11.6. The fourth-order valence-electron chi connectivity index (χ4n) is 2.48. The summed E-state index contributed by atoms with van der Waals surface area (Å²) in [5.41, 5.74) is 0.778. The summed E-state index contributed by atoms with van der Waals surface area (Å²) in [6, 6.07) is 5.58. The normalized spacial score (nSPS) is 15.7. The topological polar surface area (TPSA) is 41.9 Å². The predicted molar refractivity (Wildman–Crippen MR) is 74.7 cm³/mol. The van der Waals surface area contributed by atoms with Gasteiger partial charge in [-0.05, 0) is 38.4 Å². The van der Waals surface area contributed by atoms with Crippen LogP contribution in [-0.4, -0.2) is 43.4 Å². The van der Waals surface area contributed by atoms with Crippen molar-refractivity contribution in [1.29, 1.82) is 0 Å². The molecule has 0 aromatic heterocycles. The van der Waals surface area contributed by atoms with E-state index in [0.29, 0.717) is 18.1 Å². The van der Waals surface area contributed by atoms with Gasteiger partial charge in [-0.2, -0.15) is 0 Å². The molecule has 1 fully saturated rings. The first-order valence-corrected chi connectivity index (χ1v) is 6.97. The maximum absolute atomic E-state index is 9.32. The summed E-state index contributed by atoms with van der Waals surface area (Å²) in [4.78, 5) is 2.47. The molecule has 1 saturated heterocycles. The van der Waals surface area contributed by atoms with Gasteiger partial charge in [0, 0.05) is 12.1 Å². The van der Waals surface area contributed by atoms with Gasteiger partial charge in [0.15, 0.2) is 11.5 Å². The Morgan fingerprint density at radius 3 is 2.74 bits per heavy atom. The Labute approximate surface area is 114 Å². The number of benzene rings is 1. The second kappa shape index (κ2) is 7.36. The minimum Gasteiger partial charge on any atom is -0.493 e. The Balaban J connectivity index is 1.83. The van der Waals surface area contributed by atoms with Gasteiger partial charge in [0.2, 0.25) is 0 Å². The fraction of sp³-hybridized carbons (Fsp3) is 0.600. The van der Waals surface area contributed by atoms with Crippen molar-refractivity contribution >= 4 is 0 Å². The highest BCUT2D eigenvalue weighted by atomic mass is 16.5. The smallest absolute Gasteiger partial charge is 0.166 e. The molecule has 4 nitrogen and oxygen atoms in total. The van der Waals surface area contributed by atoms with E-state index >= 15 is 0 Å². The van der Waals surface area contributed by atoms with Crippen LogP contribution in [0.25, 0.3) is 0 Å². The Hall–Kier alpha value is -1.26. The summed E-state index contributed by atoms with van der Waals surface area (Å²) < 4.78 is 11.1. The predicted octanol–water partition coefficient (Wildman–Crippen LogP) is 2.05. The summed E-state index contributed by atoms with van der Waals surface area (Å²) in [7, 11) is 1.62. The first-order valence-electron chi connectivity index (χ1n) is 6.97. The molecule has 1 aromatic carbocycles. The first-order chi connectivity index (χ1) is 9.35. The molecule has 1 heterocycles. The van der Waals surface area contributed by atoms with Crippen LogP contribution < -0.4 is 9.47 Å². The Bertz CT molecular complexity index is 367. The van der Waals surface area contributed by atoms with Crippen LogP contribution in [0.3, 0.4) is 0 Å². The van der Waals surface area contributed by atoms with Crippen LogP contribution in [0.1, 0.15) is 24.8 Å². The highest BCUT2D eigenvalue weighted by Crippen LogP contribution is 2.31. The Morgan fingerprint density at radius 2 is 2.05 bits per heavy atom. The van der Waals surface area contributed by atoms with Crippen molar-refractivity contribution in [3.05, 3.63) is 23.8 Å². The molecule has 0 bridgehead atoms. The third-order valence-electron chi connectivity index (χ3n) is 3.51. The van der Waals surface area contributed by atoms with Crippen LogP contribution in [0, 0.1) is 0 Å². The summed E-state index contributed by atoms with van der Waals surface area (Å²) in [5, 5.41) is 9.32. The first kappa shape index (κ1) is 14.2. The van der Waals surface area contributed by atoms with Crippen molar-refractivity contribution < 1.29 is 14.6 Å². The van der Waals surface area contributed by atoms with Crippen molar-refractivity contribution in [1.82, 2.24) is 4.90 Å². The lowest BCUT2D eigenvalue weighted by Gasteiger charge is -2.16. The lowest BCUT2D eigenvalue weighted by atomic mass is 10.2. The van der Waals surface area contributed by atoms with Gasteiger partial charge in [-0.1, -0.05) is 12.1 Å². The van der Waals surface area contributed by atoms with Crippen molar-refractivity contribution in [2.75, 3.05) is 33.4 Å². The summed E-state index contributed by atoms with van der Waals surface area (Å²) in [6.45, 7) is 4.15. The maximum atomic E-state index is 9.32. The molecule has 19 heavy (non-hydrogen) atoms. The molecule has 0 radical (unpaired) electrons. The van der Waals surface area contributed by atoms with E-state index in [-0.39, 0.29) is 6.61 Å². The van der Waals surface area contributed by atoms with E-state index in [2.05, 4.69) is 4.90 Å². The van der Waals surface area contributed by atoms with E-state index in [1.54, 1.807) is 7.11 Å². The molecule has 0 saturated carbocycles. The summed E-state index contributed by atoms with van der Waals surface area (Å²) >= 11 is 0. The van der Waals surface area contributed by atoms with Crippen molar-refractivity contribution in [3.63, 3.8) is 0 Å². The third-order valence-corrected chi connectivity index (χ3v) is 3.51. The minimum absolute atomic E-state index is 0.0291. The van der Waals surface area contributed by atoms with Crippen LogP contribution in [-0.2, 0) is 6.61 Å². The minimum atomic E-state index is -0.0291. The second-order valence-electron chi connectivity index (χ2n) is 4.86. The van der Waals surface area contributed by atoms with Crippen LogP contribution in [0.2, 0.25) is 0 Å². The number of para-hydroxylation sites is 1. The molecule has 106 valence electrons. The average molecular weight is 265 g/mol. The van der Waals surface area contributed by atoms with Crippen LogP contribution in [0.15, 0.2) is 18.2 Å². The number of hydrogen-bond donors (Lipinski definition) is 1. The van der Waals surface area contributed by atoms with Gasteiger partial charge in [0.25, 0.3) is 0 Å². The van der Waals surface area contributed by atoms with Gasteiger partial charge in [-0.3, -0.25) is 0 Å². The molecular weight excluding hydrogens is 242 g/mol. The molecule has 4 heteroatoms. The Morgan fingerprint density at radius 1 is 1.26 bits per heavy atom. The standard InChI is InChI=1S/C15H23NO3/c1-18-14-7-4-6-13(12-17)15(14)19-11-5-10-16-8-2-3-9-16/h4,6-7,17H,2-3,5,8-12H2,1H3. The molecular formula is C15H23NO3. The van der Waals surface area contributed by atoms with Gasteiger partial charge in [0.05, 0.1) is 20.3 Å². The number of methoxy groups -OCH3 is 1. The van der Waals surface area contributed by atoms with E-state index in [9.17, 15) is 5.11 Å². The molecule has 2 rings (SSSR count). The lowest BCUT2D eigenvalue weighted by molar-refractivity contribution is 0.238. The van der Waals surface area contributed by atoms with E-state index in [4.69, 9.17) is 9.47 Å². The number of nitrogens with zero attached hydrogens (tertiary/aromatic N) is 1. The second-order valence-corrected chi connectivity index (χ2v) is 4.86. The quantitative estimate of drug-likeness (QED) is 0.766. The molecule has 0 amide bonds. The number of hydrogen-bond acceptors (Lipinski definition) is 4.